The van der Waals surface area contributed by atoms with Gasteiger partial charge in [0.2, 0.25) is 0 Å². The summed E-state index contributed by atoms with van der Waals surface area (Å²) in [6, 6.07) is 3.53. The number of rotatable bonds is 2. The lowest BCUT2D eigenvalue weighted by Gasteiger charge is -2.15. The van der Waals surface area contributed by atoms with E-state index < -0.39 is 0 Å². The number of aryl methyl sites for hydroxylation is 1. The molecule has 2 aromatic rings. The summed E-state index contributed by atoms with van der Waals surface area (Å²) < 4.78 is 5.70. The minimum Gasteiger partial charge on any atom is -0.493 e. The Hall–Kier alpha value is -0.740. The monoisotopic (exact) mass is 313 g/mol. The SMILES string of the molecule is Cc1csc(C(N)c2cc(Cl)cc3c2OCC3)c1Cl. The third-order valence-corrected chi connectivity index (χ3v) is 5.34. The quantitative estimate of drug-likeness (QED) is 0.894. The average Bonchev–Trinajstić information content (AvgIpc) is 2.96. The number of hydrogen-bond donors (Lipinski definition) is 1. The number of ether oxygens (including phenoxy) is 1. The van der Waals surface area contributed by atoms with Crippen molar-refractivity contribution in [3.63, 3.8) is 0 Å². The van der Waals surface area contributed by atoms with Crippen LogP contribution in [0.5, 0.6) is 5.75 Å². The second kappa shape index (κ2) is 4.98. The first-order valence-corrected chi connectivity index (χ1v) is 7.65. The van der Waals surface area contributed by atoms with Gasteiger partial charge in [0.15, 0.2) is 0 Å². The minimum absolute atomic E-state index is 0.295. The Labute approximate surface area is 126 Å². The summed E-state index contributed by atoms with van der Waals surface area (Å²) in [5.41, 5.74) is 9.46. The smallest absolute Gasteiger partial charge is 0.127 e. The molecule has 1 atom stereocenters. The fraction of sp³-hybridized carbons (Fsp3) is 0.286. The van der Waals surface area contributed by atoms with Crippen molar-refractivity contribution < 1.29 is 4.74 Å². The first-order valence-electron chi connectivity index (χ1n) is 6.02. The van der Waals surface area contributed by atoms with Crippen LogP contribution in [0.4, 0.5) is 0 Å². The molecule has 0 saturated carbocycles. The highest BCUT2D eigenvalue weighted by atomic mass is 35.5. The molecule has 1 aromatic carbocycles. The van der Waals surface area contributed by atoms with Gasteiger partial charge in [-0.25, -0.2) is 0 Å². The Kier molecular flexibility index (Phi) is 3.48. The molecule has 100 valence electrons. The van der Waals surface area contributed by atoms with Crippen molar-refractivity contribution in [1.82, 2.24) is 0 Å². The molecule has 0 spiro atoms. The summed E-state index contributed by atoms with van der Waals surface area (Å²) in [7, 11) is 0. The van der Waals surface area contributed by atoms with E-state index in [0.29, 0.717) is 11.6 Å². The van der Waals surface area contributed by atoms with E-state index in [4.69, 9.17) is 33.7 Å². The van der Waals surface area contributed by atoms with Crippen molar-refractivity contribution in [2.24, 2.45) is 5.73 Å². The first kappa shape index (κ1) is 13.3. The van der Waals surface area contributed by atoms with E-state index in [2.05, 4.69) is 0 Å². The fourth-order valence-electron chi connectivity index (χ4n) is 2.33. The van der Waals surface area contributed by atoms with Crippen LogP contribution in [0.2, 0.25) is 10.0 Å². The van der Waals surface area contributed by atoms with Crippen LogP contribution >= 0.6 is 34.5 Å². The molecule has 0 amide bonds. The maximum atomic E-state index is 6.36. The zero-order valence-electron chi connectivity index (χ0n) is 10.4. The lowest BCUT2D eigenvalue weighted by atomic mass is 10.0. The summed E-state index contributed by atoms with van der Waals surface area (Å²) in [6.45, 7) is 2.67. The Balaban J connectivity index is 2.10. The number of hydrogen-bond acceptors (Lipinski definition) is 3. The maximum Gasteiger partial charge on any atom is 0.127 e. The molecule has 1 aliphatic heterocycles. The zero-order valence-corrected chi connectivity index (χ0v) is 12.7. The maximum absolute atomic E-state index is 6.36. The lowest BCUT2D eigenvalue weighted by Crippen LogP contribution is -2.12. The van der Waals surface area contributed by atoms with Crippen molar-refractivity contribution in [2.45, 2.75) is 19.4 Å². The third-order valence-electron chi connectivity index (χ3n) is 3.32. The van der Waals surface area contributed by atoms with Gasteiger partial charge in [0.25, 0.3) is 0 Å². The van der Waals surface area contributed by atoms with Crippen LogP contribution in [0.15, 0.2) is 17.5 Å². The molecule has 2 N–H and O–H groups in total. The standard InChI is InChI=1S/C14H13Cl2NOS/c1-7-6-19-14(11(7)16)12(17)10-5-9(15)4-8-2-3-18-13(8)10/h4-6,12H,2-3,17H2,1H3. The number of halogens is 2. The Bertz CT molecular complexity index is 639. The van der Waals surface area contributed by atoms with Gasteiger partial charge < -0.3 is 10.5 Å². The van der Waals surface area contributed by atoms with Crippen molar-refractivity contribution >= 4 is 34.5 Å². The van der Waals surface area contributed by atoms with Crippen LogP contribution in [-0.4, -0.2) is 6.61 Å². The summed E-state index contributed by atoms with van der Waals surface area (Å²) in [4.78, 5) is 0.958. The molecule has 0 saturated heterocycles. The highest BCUT2D eigenvalue weighted by Gasteiger charge is 2.24. The predicted octanol–water partition coefficient (Wildman–Crippen LogP) is 4.35. The summed E-state index contributed by atoms with van der Waals surface area (Å²) in [5.74, 6) is 0.874. The molecule has 5 heteroatoms. The molecule has 19 heavy (non-hydrogen) atoms. The Morgan fingerprint density at radius 2 is 2.16 bits per heavy atom. The normalized spacial score (nSPS) is 15.2. The topological polar surface area (TPSA) is 35.2 Å². The van der Waals surface area contributed by atoms with E-state index >= 15 is 0 Å². The third kappa shape index (κ3) is 2.25. The van der Waals surface area contributed by atoms with Crippen molar-refractivity contribution in [2.75, 3.05) is 6.61 Å². The molecule has 2 heterocycles. The van der Waals surface area contributed by atoms with Crippen LogP contribution in [0.25, 0.3) is 0 Å². The van der Waals surface area contributed by atoms with Gasteiger partial charge in [-0.05, 0) is 35.6 Å². The molecule has 0 radical (unpaired) electrons. The van der Waals surface area contributed by atoms with Gasteiger partial charge in [0, 0.05) is 21.9 Å². The molecule has 0 fully saturated rings. The minimum atomic E-state index is -0.295. The van der Waals surface area contributed by atoms with E-state index in [1.54, 1.807) is 11.3 Å². The lowest BCUT2D eigenvalue weighted by molar-refractivity contribution is 0.352. The second-order valence-corrected chi connectivity index (χ2v) is 6.38. The number of nitrogens with two attached hydrogens (primary N) is 1. The van der Waals surface area contributed by atoms with Gasteiger partial charge in [-0.2, -0.15) is 0 Å². The van der Waals surface area contributed by atoms with Crippen molar-refractivity contribution in [3.8, 4) is 5.75 Å². The van der Waals surface area contributed by atoms with Gasteiger partial charge in [0.1, 0.15) is 5.75 Å². The van der Waals surface area contributed by atoms with E-state index in [-0.39, 0.29) is 6.04 Å². The molecule has 0 aliphatic carbocycles. The zero-order chi connectivity index (χ0) is 13.6. The largest absolute Gasteiger partial charge is 0.493 e. The second-order valence-electron chi connectivity index (χ2n) is 4.66. The molecule has 1 aliphatic rings. The molecule has 1 aromatic heterocycles. The van der Waals surface area contributed by atoms with Crippen molar-refractivity contribution in [1.29, 1.82) is 0 Å². The first-order chi connectivity index (χ1) is 9.08. The number of benzene rings is 1. The molecular weight excluding hydrogens is 301 g/mol. The number of fused-ring (bicyclic) bond motifs is 1. The van der Waals surface area contributed by atoms with Crippen molar-refractivity contribution in [3.05, 3.63) is 49.1 Å². The van der Waals surface area contributed by atoms with Crippen LogP contribution in [-0.2, 0) is 6.42 Å². The average molecular weight is 314 g/mol. The highest BCUT2D eigenvalue weighted by molar-refractivity contribution is 7.10. The van der Waals surface area contributed by atoms with Gasteiger partial charge >= 0.3 is 0 Å². The van der Waals surface area contributed by atoms with Gasteiger partial charge in [-0.3, -0.25) is 0 Å². The molecule has 2 nitrogen and oxygen atoms in total. The van der Waals surface area contributed by atoms with Crippen LogP contribution < -0.4 is 10.5 Å². The van der Waals surface area contributed by atoms with Crippen LogP contribution in [0.3, 0.4) is 0 Å². The Morgan fingerprint density at radius 1 is 1.37 bits per heavy atom. The van der Waals surface area contributed by atoms with E-state index in [1.807, 2.05) is 24.4 Å². The molecular formula is C14H13Cl2NOS. The summed E-state index contributed by atoms with van der Waals surface area (Å²) in [5, 5.41) is 3.45. The van der Waals surface area contributed by atoms with E-state index in [0.717, 1.165) is 38.8 Å². The summed E-state index contributed by atoms with van der Waals surface area (Å²) in [6.07, 6.45) is 0.882. The van der Waals surface area contributed by atoms with Crippen LogP contribution in [0, 0.1) is 6.92 Å². The number of thiophene rings is 1. The molecule has 1 unspecified atom stereocenters. The van der Waals surface area contributed by atoms with E-state index in [1.165, 1.54) is 0 Å². The Morgan fingerprint density at radius 3 is 2.84 bits per heavy atom. The summed E-state index contributed by atoms with van der Waals surface area (Å²) >= 11 is 14.0. The van der Waals surface area contributed by atoms with Gasteiger partial charge in [-0.15, -0.1) is 11.3 Å². The fourth-order valence-corrected chi connectivity index (χ4v) is 3.91. The molecule has 3 rings (SSSR count). The van der Waals surface area contributed by atoms with E-state index in [9.17, 15) is 0 Å². The highest BCUT2D eigenvalue weighted by Crippen LogP contribution is 2.41. The van der Waals surface area contributed by atoms with Crippen LogP contribution in [0.1, 0.15) is 27.6 Å². The predicted molar refractivity (Wildman–Crippen MR) is 80.7 cm³/mol. The molecule has 0 bridgehead atoms. The van der Waals surface area contributed by atoms with Gasteiger partial charge in [-0.1, -0.05) is 23.2 Å². The van der Waals surface area contributed by atoms with Gasteiger partial charge in [0.05, 0.1) is 17.7 Å².